The Kier molecular flexibility index (Phi) is 4.19. The monoisotopic (exact) mass is 246 g/mol. The van der Waals surface area contributed by atoms with Crippen LogP contribution in [0.3, 0.4) is 0 Å². The number of rotatable bonds is 5. The van der Waals surface area contributed by atoms with Crippen molar-refractivity contribution in [2.75, 3.05) is 0 Å². The van der Waals surface area contributed by atoms with E-state index in [-0.39, 0.29) is 5.69 Å². The number of halogens is 2. The summed E-state index contributed by atoms with van der Waals surface area (Å²) in [6, 6.07) is 1.73. The molecule has 17 heavy (non-hydrogen) atoms. The molecule has 0 aliphatic carbocycles. The Morgan fingerprint density at radius 1 is 1.53 bits per heavy atom. The molecule has 5 nitrogen and oxygen atoms in total. The van der Waals surface area contributed by atoms with Crippen molar-refractivity contribution in [1.82, 2.24) is 9.88 Å². The highest BCUT2D eigenvalue weighted by molar-refractivity contribution is 5.95. The number of amides is 1. The quantitative estimate of drug-likeness (QED) is 0.812. The van der Waals surface area contributed by atoms with Crippen molar-refractivity contribution in [2.45, 2.75) is 25.9 Å². The SMILES string of the molecule is C[C@@H](NC(=O)c1cccn1CC(F)F)C(=O)O. The molecule has 94 valence electrons. The van der Waals surface area contributed by atoms with Crippen LogP contribution in [0.1, 0.15) is 17.4 Å². The molecule has 0 aromatic carbocycles. The van der Waals surface area contributed by atoms with Crippen LogP contribution in [0, 0.1) is 0 Å². The predicted molar refractivity (Wildman–Crippen MR) is 55.0 cm³/mol. The molecule has 1 heterocycles. The van der Waals surface area contributed by atoms with E-state index < -0.39 is 30.9 Å². The third kappa shape index (κ3) is 3.54. The van der Waals surface area contributed by atoms with Gasteiger partial charge in [-0.3, -0.25) is 9.59 Å². The second kappa shape index (κ2) is 5.42. The van der Waals surface area contributed by atoms with Crippen LogP contribution in [-0.2, 0) is 11.3 Å². The van der Waals surface area contributed by atoms with E-state index in [0.29, 0.717) is 0 Å². The lowest BCUT2D eigenvalue weighted by molar-refractivity contribution is -0.138. The van der Waals surface area contributed by atoms with Gasteiger partial charge >= 0.3 is 5.97 Å². The van der Waals surface area contributed by atoms with Crippen molar-refractivity contribution >= 4 is 11.9 Å². The topological polar surface area (TPSA) is 71.3 Å². The highest BCUT2D eigenvalue weighted by Gasteiger charge is 2.18. The molecule has 0 aliphatic rings. The van der Waals surface area contributed by atoms with Crippen LogP contribution in [-0.4, -0.2) is 34.0 Å². The van der Waals surface area contributed by atoms with Crippen LogP contribution >= 0.6 is 0 Å². The van der Waals surface area contributed by atoms with Crippen LogP contribution < -0.4 is 5.32 Å². The number of nitrogens with zero attached hydrogens (tertiary/aromatic N) is 1. The van der Waals surface area contributed by atoms with Gasteiger partial charge in [0.2, 0.25) is 0 Å². The zero-order chi connectivity index (χ0) is 13.0. The summed E-state index contributed by atoms with van der Waals surface area (Å²) in [6.45, 7) is 0.692. The number of aromatic nitrogens is 1. The van der Waals surface area contributed by atoms with E-state index in [2.05, 4.69) is 5.32 Å². The van der Waals surface area contributed by atoms with Gasteiger partial charge in [0.1, 0.15) is 11.7 Å². The van der Waals surface area contributed by atoms with E-state index >= 15 is 0 Å². The van der Waals surface area contributed by atoms with E-state index in [4.69, 9.17) is 5.11 Å². The van der Waals surface area contributed by atoms with E-state index in [1.807, 2.05) is 0 Å². The summed E-state index contributed by atoms with van der Waals surface area (Å²) >= 11 is 0. The Hall–Kier alpha value is -1.92. The standard InChI is InChI=1S/C10H12F2N2O3/c1-6(10(16)17)13-9(15)7-3-2-4-14(7)5-8(11)12/h2-4,6,8H,5H2,1H3,(H,13,15)(H,16,17)/t6-/m1/s1. The van der Waals surface area contributed by atoms with E-state index in [1.54, 1.807) is 0 Å². The van der Waals surface area contributed by atoms with Crippen molar-refractivity contribution in [2.24, 2.45) is 0 Å². The number of nitrogens with one attached hydrogen (secondary N) is 1. The first kappa shape index (κ1) is 13.1. The summed E-state index contributed by atoms with van der Waals surface area (Å²) in [5.74, 6) is -1.88. The smallest absolute Gasteiger partial charge is 0.325 e. The third-order valence-corrected chi connectivity index (χ3v) is 2.11. The van der Waals surface area contributed by atoms with E-state index in [9.17, 15) is 18.4 Å². The predicted octanol–water partition coefficient (Wildman–Crippen LogP) is 0.956. The molecule has 0 aliphatic heterocycles. The highest BCUT2D eigenvalue weighted by atomic mass is 19.3. The summed E-state index contributed by atoms with van der Waals surface area (Å²) in [6.07, 6.45) is -1.24. The number of hydrogen-bond donors (Lipinski definition) is 2. The van der Waals surface area contributed by atoms with Gasteiger partial charge in [0.15, 0.2) is 0 Å². The van der Waals surface area contributed by atoms with Gasteiger partial charge in [-0.1, -0.05) is 0 Å². The molecule has 0 spiro atoms. The number of aliphatic carboxylic acids is 1. The maximum Gasteiger partial charge on any atom is 0.325 e. The maximum atomic E-state index is 12.2. The molecular formula is C10H12F2N2O3. The van der Waals surface area contributed by atoms with Gasteiger partial charge in [-0.15, -0.1) is 0 Å². The minimum Gasteiger partial charge on any atom is -0.480 e. The number of carbonyl (C=O) groups excluding carboxylic acids is 1. The molecule has 7 heteroatoms. The molecule has 0 saturated heterocycles. The highest BCUT2D eigenvalue weighted by Crippen LogP contribution is 2.06. The summed E-state index contributed by atoms with van der Waals surface area (Å²) < 4.78 is 25.4. The van der Waals surface area contributed by atoms with Gasteiger partial charge < -0.3 is 15.0 Å². The Labute approximate surface area is 96.0 Å². The molecule has 0 bridgehead atoms. The van der Waals surface area contributed by atoms with Crippen LogP contribution in [0.25, 0.3) is 0 Å². The molecule has 0 radical (unpaired) electrons. The molecular weight excluding hydrogens is 234 g/mol. The van der Waals surface area contributed by atoms with Crippen molar-refractivity contribution < 1.29 is 23.5 Å². The van der Waals surface area contributed by atoms with Gasteiger partial charge in [0.05, 0.1) is 6.54 Å². The van der Waals surface area contributed by atoms with Gasteiger partial charge in [-0.2, -0.15) is 0 Å². The normalized spacial score (nSPS) is 12.5. The Morgan fingerprint density at radius 3 is 2.71 bits per heavy atom. The van der Waals surface area contributed by atoms with Gasteiger partial charge in [-0.05, 0) is 19.1 Å². The molecule has 0 fully saturated rings. The minimum atomic E-state index is -2.58. The molecule has 1 rings (SSSR count). The maximum absolute atomic E-state index is 12.2. The molecule has 1 atom stereocenters. The van der Waals surface area contributed by atoms with E-state index in [1.165, 1.54) is 25.3 Å². The largest absolute Gasteiger partial charge is 0.480 e. The van der Waals surface area contributed by atoms with Gasteiger partial charge in [-0.25, -0.2) is 8.78 Å². The van der Waals surface area contributed by atoms with Gasteiger partial charge in [0.25, 0.3) is 12.3 Å². The lowest BCUT2D eigenvalue weighted by Gasteiger charge is -2.11. The molecule has 1 aromatic rings. The molecule has 0 unspecified atom stereocenters. The zero-order valence-corrected chi connectivity index (χ0v) is 9.06. The number of alkyl halides is 2. The number of carboxylic acids is 1. The number of carbonyl (C=O) groups is 2. The Morgan fingerprint density at radius 2 is 2.18 bits per heavy atom. The average molecular weight is 246 g/mol. The third-order valence-electron chi connectivity index (χ3n) is 2.11. The van der Waals surface area contributed by atoms with Crippen molar-refractivity contribution in [3.63, 3.8) is 0 Å². The number of carboxylic acid groups (broad SMARTS) is 1. The summed E-state index contributed by atoms with van der Waals surface area (Å²) in [5, 5.41) is 10.8. The average Bonchev–Trinajstić information content (AvgIpc) is 2.64. The number of hydrogen-bond acceptors (Lipinski definition) is 2. The van der Waals surface area contributed by atoms with Gasteiger partial charge in [0, 0.05) is 6.20 Å². The summed E-state index contributed by atoms with van der Waals surface area (Å²) in [5.41, 5.74) is 0.0124. The van der Waals surface area contributed by atoms with Crippen molar-refractivity contribution in [1.29, 1.82) is 0 Å². The fourth-order valence-electron chi connectivity index (χ4n) is 1.26. The first-order chi connectivity index (χ1) is 7.91. The first-order valence-electron chi connectivity index (χ1n) is 4.88. The first-order valence-corrected chi connectivity index (χ1v) is 4.88. The van der Waals surface area contributed by atoms with Crippen LogP contribution in [0.4, 0.5) is 8.78 Å². The lowest BCUT2D eigenvalue weighted by atomic mass is 10.3. The summed E-state index contributed by atoms with van der Waals surface area (Å²) in [4.78, 5) is 22.1. The van der Waals surface area contributed by atoms with Crippen LogP contribution in [0.5, 0.6) is 0 Å². The Balaban J connectivity index is 2.75. The second-order valence-corrected chi connectivity index (χ2v) is 3.47. The minimum absolute atomic E-state index is 0.0124. The lowest BCUT2D eigenvalue weighted by Crippen LogP contribution is -2.39. The van der Waals surface area contributed by atoms with Crippen LogP contribution in [0.15, 0.2) is 18.3 Å². The Bertz CT molecular complexity index is 417. The zero-order valence-electron chi connectivity index (χ0n) is 9.06. The van der Waals surface area contributed by atoms with E-state index in [0.717, 1.165) is 4.57 Å². The molecule has 0 saturated carbocycles. The molecule has 1 aromatic heterocycles. The van der Waals surface area contributed by atoms with Crippen molar-refractivity contribution in [3.8, 4) is 0 Å². The van der Waals surface area contributed by atoms with Crippen LogP contribution in [0.2, 0.25) is 0 Å². The van der Waals surface area contributed by atoms with Crippen molar-refractivity contribution in [3.05, 3.63) is 24.0 Å². The molecule has 1 amide bonds. The second-order valence-electron chi connectivity index (χ2n) is 3.47. The summed E-state index contributed by atoms with van der Waals surface area (Å²) in [7, 11) is 0. The fourth-order valence-corrected chi connectivity index (χ4v) is 1.26. The molecule has 2 N–H and O–H groups in total. The fraction of sp³-hybridized carbons (Fsp3) is 0.400.